The van der Waals surface area contributed by atoms with Gasteiger partial charge in [-0.1, -0.05) is 36.4 Å². The van der Waals surface area contributed by atoms with E-state index in [4.69, 9.17) is 0 Å². The van der Waals surface area contributed by atoms with E-state index in [1.165, 1.54) is 0 Å². The van der Waals surface area contributed by atoms with Crippen molar-refractivity contribution in [3.63, 3.8) is 0 Å². The number of benzene rings is 3. The number of carbonyl (C=O) groups excluding carboxylic acids is 1. The molecule has 3 rings (SSSR count). The van der Waals surface area contributed by atoms with Crippen LogP contribution in [0, 0.1) is 11.6 Å². The van der Waals surface area contributed by atoms with Crippen LogP contribution in [0.15, 0.2) is 78.9 Å². The lowest BCUT2D eigenvalue weighted by Crippen LogP contribution is -2.39. The summed E-state index contributed by atoms with van der Waals surface area (Å²) in [7, 11) is 0. The number of anilines is 2. The van der Waals surface area contributed by atoms with Gasteiger partial charge in [-0.3, -0.25) is 15.2 Å². The second-order valence-electron chi connectivity index (χ2n) is 5.07. The number of hydrogen-bond acceptors (Lipinski definition) is 2. The molecular formula is C19H14F2N2O. The van der Waals surface area contributed by atoms with E-state index >= 15 is 0 Å². The van der Waals surface area contributed by atoms with E-state index in [0.29, 0.717) is 17.4 Å². The number of carbonyl (C=O) groups is 1. The summed E-state index contributed by atoms with van der Waals surface area (Å²) in [5, 5.41) is 1.55. The van der Waals surface area contributed by atoms with Crippen molar-refractivity contribution in [2.45, 2.75) is 0 Å². The van der Waals surface area contributed by atoms with E-state index in [9.17, 15) is 13.6 Å². The number of amides is 1. The third kappa shape index (κ3) is 3.41. The van der Waals surface area contributed by atoms with Crippen LogP contribution in [0.2, 0.25) is 0 Å². The lowest BCUT2D eigenvalue weighted by atomic mass is 10.2. The van der Waals surface area contributed by atoms with Gasteiger partial charge in [0.2, 0.25) is 0 Å². The van der Waals surface area contributed by atoms with E-state index < -0.39 is 17.5 Å². The first-order chi connectivity index (χ1) is 11.6. The number of rotatable bonds is 4. The predicted molar refractivity (Wildman–Crippen MR) is 88.8 cm³/mol. The largest absolute Gasteiger partial charge is 0.273 e. The van der Waals surface area contributed by atoms with Gasteiger partial charge in [0.05, 0.1) is 16.9 Å². The van der Waals surface area contributed by atoms with Crippen molar-refractivity contribution < 1.29 is 13.6 Å². The van der Waals surface area contributed by atoms with E-state index in [1.54, 1.807) is 5.01 Å². The Hall–Kier alpha value is -3.21. The highest BCUT2D eigenvalue weighted by Crippen LogP contribution is 2.23. The molecule has 1 N–H and O–H groups in total. The van der Waals surface area contributed by atoms with Crippen molar-refractivity contribution in [3.8, 4) is 0 Å². The Morgan fingerprint density at radius 1 is 0.792 bits per heavy atom. The van der Waals surface area contributed by atoms with Crippen molar-refractivity contribution in [1.82, 2.24) is 5.43 Å². The molecule has 0 saturated carbocycles. The number of halogens is 2. The zero-order valence-corrected chi connectivity index (χ0v) is 12.6. The first-order valence-corrected chi connectivity index (χ1v) is 7.31. The second kappa shape index (κ2) is 6.91. The van der Waals surface area contributed by atoms with Gasteiger partial charge in [-0.15, -0.1) is 0 Å². The number of hydrogen-bond donors (Lipinski definition) is 1. The topological polar surface area (TPSA) is 32.3 Å². The zero-order valence-electron chi connectivity index (χ0n) is 12.6. The molecule has 0 aliphatic carbocycles. The van der Waals surface area contributed by atoms with Crippen molar-refractivity contribution in [3.05, 3.63) is 96.1 Å². The summed E-state index contributed by atoms with van der Waals surface area (Å²) in [6, 6.07) is 21.1. The number of para-hydroxylation sites is 2. The third-order valence-corrected chi connectivity index (χ3v) is 3.42. The van der Waals surface area contributed by atoms with Gasteiger partial charge in [0.15, 0.2) is 0 Å². The summed E-state index contributed by atoms with van der Waals surface area (Å²) < 4.78 is 26.9. The first-order valence-electron chi connectivity index (χ1n) is 7.31. The van der Waals surface area contributed by atoms with Crippen LogP contribution in [0.1, 0.15) is 10.4 Å². The van der Waals surface area contributed by atoms with Crippen LogP contribution in [0.5, 0.6) is 0 Å². The molecule has 0 atom stereocenters. The van der Waals surface area contributed by atoms with Crippen LogP contribution in [0.25, 0.3) is 0 Å². The fourth-order valence-electron chi connectivity index (χ4n) is 2.27. The van der Waals surface area contributed by atoms with Crippen LogP contribution >= 0.6 is 0 Å². The fraction of sp³-hybridized carbons (Fsp3) is 0. The molecule has 0 aromatic heterocycles. The molecule has 3 aromatic rings. The molecule has 3 aromatic carbocycles. The van der Waals surface area contributed by atoms with Gasteiger partial charge in [0.25, 0.3) is 5.91 Å². The molecule has 0 saturated heterocycles. The summed E-state index contributed by atoms with van der Waals surface area (Å²) >= 11 is 0. The monoisotopic (exact) mass is 324 g/mol. The third-order valence-electron chi connectivity index (χ3n) is 3.42. The molecule has 24 heavy (non-hydrogen) atoms. The van der Waals surface area contributed by atoms with Gasteiger partial charge < -0.3 is 0 Å². The maximum Gasteiger partial charge on any atom is 0.273 e. The van der Waals surface area contributed by atoms with Gasteiger partial charge >= 0.3 is 0 Å². The minimum atomic E-state index is -0.909. The van der Waals surface area contributed by atoms with Crippen LogP contribution < -0.4 is 10.4 Å². The lowest BCUT2D eigenvalue weighted by molar-refractivity contribution is 0.0949. The fourth-order valence-corrected chi connectivity index (χ4v) is 2.27. The molecule has 120 valence electrons. The zero-order chi connectivity index (χ0) is 16.9. The van der Waals surface area contributed by atoms with Crippen molar-refractivity contribution >= 4 is 17.3 Å². The van der Waals surface area contributed by atoms with E-state index in [-0.39, 0.29) is 5.56 Å². The lowest BCUT2D eigenvalue weighted by Gasteiger charge is -2.25. The molecule has 0 aliphatic heterocycles. The predicted octanol–water partition coefficient (Wildman–Crippen LogP) is 4.45. The molecule has 0 unspecified atom stereocenters. The average molecular weight is 324 g/mol. The van der Waals surface area contributed by atoms with E-state index in [2.05, 4.69) is 5.43 Å². The Kier molecular flexibility index (Phi) is 4.52. The molecule has 1 amide bonds. The van der Waals surface area contributed by atoms with Gasteiger partial charge in [0, 0.05) is 6.07 Å². The van der Waals surface area contributed by atoms with Gasteiger partial charge in [-0.2, -0.15) is 0 Å². The first kappa shape index (κ1) is 15.7. The Morgan fingerprint density at radius 3 is 1.83 bits per heavy atom. The highest BCUT2D eigenvalue weighted by Gasteiger charge is 2.17. The van der Waals surface area contributed by atoms with Gasteiger partial charge in [-0.05, 0) is 36.4 Å². The summed E-state index contributed by atoms with van der Waals surface area (Å²) in [4.78, 5) is 12.4. The molecule has 0 radical (unpaired) electrons. The molecular weight excluding hydrogens is 310 g/mol. The van der Waals surface area contributed by atoms with Crippen LogP contribution in [-0.2, 0) is 0 Å². The van der Waals surface area contributed by atoms with Crippen molar-refractivity contribution in [2.75, 3.05) is 5.01 Å². The van der Waals surface area contributed by atoms with E-state index in [1.807, 2.05) is 60.7 Å². The molecule has 0 aliphatic rings. The highest BCUT2D eigenvalue weighted by molar-refractivity contribution is 5.96. The van der Waals surface area contributed by atoms with Crippen molar-refractivity contribution in [1.29, 1.82) is 0 Å². The standard InChI is InChI=1S/C19H14F2N2O/c20-14-11-12-17(18(21)13-14)19(24)22-23(15-7-3-1-4-8-15)16-9-5-2-6-10-16/h1-13H,(H,22,24). The van der Waals surface area contributed by atoms with Gasteiger partial charge in [-0.25, -0.2) is 8.78 Å². The summed E-state index contributed by atoms with van der Waals surface area (Å²) in [5.74, 6) is -2.30. The molecule has 0 bridgehead atoms. The number of hydrazine groups is 1. The quantitative estimate of drug-likeness (QED) is 0.719. The molecule has 0 spiro atoms. The SMILES string of the molecule is O=C(NN(c1ccccc1)c1ccccc1)c1ccc(F)cc1F. The van der Waals surface area contributed by atoms with Gasteiger partial charge in [0.1, 0.15) is 11.6 Å². The Morgan fingerprint density at radius 2 is 1.33 bits per heavy atom. The molecule has 3 nitrogen and oxygen atoms in total. The normalized spacial score (nSPS) is 10.2. The minimum absolute atomic E-state index is 0.228. The Labute approximate surface area is 138 Å². The smallest absolute Gasteiger partial charge is 0.267 e. The maximum absolute atomic E-state index is 13.8. The van der Waals surface area contributed by atoms with Crippen LogP contribution in [0.3, 0.4) is 0 Å². The number of nitrogens with one attached hydrogen (secondary N) is 1. The Bertz CT molecular complexity index is 799. The molecule has 5 heteroatoms. The minimum Gasteiger partial charge on any atom is -0.267 e. The molecule has 0 heterocycles. The maximum atomic E-state index is 13.8. The summed E-state index contributed by atoms with van der Waals surface area (Å²) in [6.07, 6.45) is 0. The summed E-state index contributed by atoms with van der Waals surface area (Å²) in [6.45, 7) is 0. The van der Waals surface area contributed by atoms with E-state index in [0.717, 1.165) is 12.1 Å². The molecule has 0 fully saturated rings. The number of nitrogens with zero attached hydrogens (tertiary/aromatic N) is 1. The van der Waals surface area contributed by atoms with Crippen LogP contribution in [-0.4, -0.2) is 5.91 Å². The van der Waals surface area contributed by atoms with Crippen molar-refractivity contribution in [2.24, 2.45) is 0 Å². The highest BCUT2D eigenvalue weighted by atomic mass is 19.1. The second-order valence-corrected chi connectivity index (χ2v) is 5.07. The summed E-state index contributed by atoms with van der Waals surface area (Å²) in [5.41, 5.74) is 3.85. The average Bonchev–Trinajstić information content (AvgIpc) is 2.61. The van der Waals surface area contributed by atoms with Crippen LogP contribution in [0.4, 0.5) is 20.2 Å². The Balaban J connectivity index is 1.94.